The summed E-state index contributed by atoms with van der Waals surface area (Å²) in [6.07, 6.45) is 3.19. The van der Waals surface area contributed by atoms with E-state index in [1.54, 1.807) is 17.8 Å². The molecule has 2 rings (SSSR count). The fraction of sp³-hybridized carbons (Fsp3) is 0.273. The van der Waals surface area contributed by atoms with E-state index < -0.39 is 4.92 Å². The third-order valence-electron chi connectivity index (χ3n) is 2.64. The maximum absolute atomic E-state index is 10.8. The van der Waals surface area contributed by atoms with E-state index >= 15 is 0 Å². The number of rotatable bonds is 4. The van der Waals surface area contributed by atoms with Crippen molar-refractivity contribution in [3.8, 4) is 0 Å². The van der Waals surface area contributed by atoms with E-state index in [9.17, 15) is 10.1 Å². The minimum Gasteiger partial charge on any atom is -0.364 e. The predicted molar refractivity (Wildman–Crippen MR) is 66.2 cm³/mol. The largest absolute Gasteiger partial charge is 0.364 e. The molecular formula is C11H13N5O2. The van der Waals surface area contributed by atoms with Crippen LogP contribution in [0.2, 0.25) is 0 Å². The number of nitrogens with zero attached hydrogens (tertiary/aromatic N) is 4. The van der Waals surface area contributed by atoms with E-state index in [1.807, 2.05) is 13.1 Å². The number of pyridine rings is 1. The van der Waals surface area contributed by atoms with Crippen LogP contribution >= 0.6 is 0 Å². The fourth-order valence-corrected chi connectivity index (χ4v) is 1.56. The van der Waals surface area contributed by atoms with E-state index in [0.717, 1.165) is 5.69 Å². The van der Waals surface area contributed by atoms with E-state index in [4.69, 9.17) is 0 Å². The van der Waals surface area contributed by atoms with Crippen molar-refractivity contribution in [1.82, 2.24) is 14.8 Å². The minimum absolute atomic E-state index is 0.0671. The Morgan fingerprint density at radius 3 is 2.94 bits per heavy atom. The number of aromatic nitrogens is 3. The van der Waals surface area contributed by atoms with Crippen LogP contribution in [0.25, 0.3) is 0 Å². The van der Waals surface area contributed by atoms with Gasteiger partial charge in [-0.3, -0.25) is 14.8 Å². The molecule has 0 aliphatic heterocycles. The number of aryl methyl sites for hydroxylation is 2. The van der Waals surface area contributed by atoms with Crippen molar-refractivity contribution >= 4 is 11.5 Å². The van der Waals surface area contributed by atoms with E-state index in [0.29, 0.717) is 17.9 Å². The first kappa shape index (κ1) is 12.0. The molecular weight excluding hydrogens is 234 g/mol. The Balaban J connectivity index is 2.13. The molecule has 18 heavy (non-hydrogen) atoms. The molecule has 2 heterocycles. The van der Waals surface area contributed by atoms with Gasteiger partial charge < -0.3 is 5.32 Å². The lowest BCUT2D eigenvalue weighted by Crippen LogP contribution is -2.07. The first-order valence-electron chi connectivity index (χ1n) is 5.39. The zero-order chi connectivity index (χ0) is 13.1. The molecule has 7 heteroatoms. The summed E-state index contributed by atoms with van der Waals surface area (Å²) in [5.41, 5.74) is 1.59. The summed E-state index contributed by atoms with van der Waals surface area (Å²) in [6, 6.07) is 3.31. The van der Waals surface area contributed by atoms with Gasteiger partial charge in [0.15, 0.2) is 0 Å². The van der Waals surface area contributed by atoms with Crippen LogP contribution in [-0.2, 0) is 13.6 Å². The lowest BCUT2D eigenvalue weighted by molar-refractivity contribution is -0.385. The van der Waals surface area contributed by atoms with Gasteiger partial charge in [0.25, 0.3) is 5.69 Å². The number of nitro groups is 1. The topological polar surface area (TPSA) is 85.9 Å². The van der Waals surface area contributed by atoms with E-state index in [2.05, 4.69) is 15.4 Å². The Kier molecular flexibility index (Phi) is 3.22. The SMILES string of the molecule is Cc1cnc(NCc2ccnn2C)cc1[N+](=O)[O-]. The van der Waals surface area contributed by atoms with Crippen LogP contribution in [0.3, 0.4) is 0 Å². The monoisotopic (exact) mass is 247 g/mol. The first-order chi connectivity index (χ1) is 8.58. The van der Waals surface area contributed by atoms with Gasteiger partial charge in [-0.25, -0.2) is 4.98 Å². The zero-order valence-electron chi connectivity index (χ0n) is 10.1. The van der Waals surface area contributed by atoms with Crippen LogP contribution in [0.5, 0.6) is 0 Å². The van der Waals surface area contributed by atoms with Gasteiger partial charge in [-0.1, -0.05) is 0 Å². The summed E-state index contributed by atoms with van der Waals surface area (Å²) in [7, 11) is 1.84. The molecule has 0 radical (unpaired) electrons. The van der Waals surface area contributed by atoms with Crippen molar-refractivity contribution < 1.29 is 4.92 Å². The quantitative estimate of drug-likeness (QED) is 0.655. The van der Waals surface area contributed by atoms with Crippen LogP contribution < -0.4 is 5.32 Å². The summed E-state index contributed by atoms with van der Waals surface area (Å²) >= 11 is 0. The molecule has 0 aliphatic rings. The second kappa shape index (κ2) is 4.82. The Hall–Kier alpha value is -2.44. The maximum atomic E-state index is 10.8. The van der Waals surface area contributed by atoms with Gasteiger partial charge in [0.05, 0.1) is 23.2 Å². The molecule has 2 aromatic rings. The molecule has 94 valence electrons. The second-order valence-corrected chi connectivity index (χ2v) is 3.91. The summed E-state index contributed by atoms with van der Waals surface area (Å²) in [5, 5.41) is 17.9. The van der Waals surface area contributed by atoms with Crippen molar-refractivity contribution in [2.45, 2.75) is 13.5 Å². The minimum atomic E-state index is -0.410. The van der Waals surface area contributed by atoms with Crippen LogP contribution in [0.1, 0.15) is 11.3 Å². The van der Waals surface area contributed by atoms with Crippen molar-refractivity contribution in [2.75, 3.05) is 5.32 Å². The fourth-order valence-electron chi connectivity index (χ4n) is 1.56. The van der Waals surface area contributed by atoms with Crippen LogP contribution in [-0.4, -0.2) is 19.7 Å². The highest BCUT2D eigenvalue weighted by Gasteiger charge is 2.12. The van der Waals surface area contributed by atoms with Gasteiger partial charge in [0, 0.05) is 25.0 Å². The third-order valence-corrected chi connectivity index (χ3v) is 2.64. The molecule has 0 saturated carbocycles. The number of nitrogens with one attached hydrogen (secondary N) is 1. The molecule has 0 aromatic carbocycles. The summed E-state index contributed by atoms with van der Waals surface area (Å²) in [6.45, 7) is 2.18. The Morgan fingerprint density at radius 2 is 2.33 bits per heavy atom. The molecule has 0 saturated heterocycles. The normalized spacial score (nSPS) is 10.3. The molecule has 2 aromatic heterocycles. The number of hydrogen-bond donors (Lipinski definition) is 1. The standard InChI is InChI=1S/C11H13N5O2/c1-8-6-12-11(5-10(8)16(17)18)13-7-9-3-4-14-15(9)2/h3-6H,7H2,1-2H3,(H,12,13). The van der Waals surface area contributed by atoms with Gasteiger partial charge in [0.2, 0.25) is 0 Å². The Bertz CT molecular complexity index is 579. The van der Waals surface area contributed by atoms with Gasteiger partial charge in [-0.05, 0) is 13.0 Å². The summed E-state index contributed by atoms with van der Waals surface area (Å²) in [5.74, 6) is 0.480. The van der Waals surface area contributed by atoms with Crippen molar-refractivity contribution in [3.63, 3.8) is 0 Å². The van der Waals surface area contributed by atoms with Gasteiger partial charge in [-0.2, -0.15) is 5.10 Å². The molecule has 0 bridgehead atoms. The highest BCUT2D eigenvalue weighted by atomic mass is 16.6. The Morgan fingerprint density at radius 1 is 1.56 bits per heavy atom. The molecule has 0 spiro atoms. The Labute approximate surface area is 104 Å². The summed E-state index contributed by atoms with van der Waals surface area (Å²) < 4.78 is 1.73. The highest BCUT2D eigenvalue weighted by Crippen LogP contribution is 2.20. The smallest absolute Gasteiger partial charge is 0.277 e. The molecule has 7 nitrogen and oxygen atoms in total. The van der Waals surface area contributed by atoms with Crippen LogP contribution in [0.15, 0.2) is 24.5 Å². The first-order valence-corrected chi connectivity index (χ1v) is 5.39. The maximum Gasteiger partial charge on any atom is 0.277 e. The second-order valence-electron chi connectivity index (χ2n) is 3.91. The highest BCUT2D eigenvalue weighted by molar-refractivity contribution is 5.48. The van der Waals surface area contributed by atoms with E-state index in [1.165, 1.54) is 12.3 Å². The molecule has 0 unspecified atom stereocenters. The predicted octanol–water partition coefficient (Wildman–Crippen LogP) is 1.64. The van der Waals surface area contributed by atoms with Crippen molar-refractivity contribution in [2.24, 2.45) is 7.05 Å². The zero-order valence-corrected chi connectivity index (χ0v) is 10.1. The molecule has 0 atom stereocenters. The van der Waals surface area contributed by atoms with Crippen LogP contribution in [0, 0.1) is 17.0 Å². The molecule has 0 aliphatic carbocycles. The summed E-state index contributed by atoms with van der Waals surface area (Å²) in [4.78, 5) is 14.5. The molecule has 0 amide bonds. The average Bonchev–Trinajstić information content (AvgIpc) is 2.73. The third kappa shape index (κ3) is 2.45. The number of anilines is 1. The lowest BCUT2D eigenvalue weighted by atomic mass is 10.2. The van der Waals surface area contributed by atoms with E-state index in [-0.39, 0.29) is 5.69 Å². The van der Waals surface area contributed by atoms with Crippen molar-refractivity contribution in [1.29, 1.82) is 0 Å². The van der Waals surface area contributed by atoms with Gasteiger partial charge in [-0.15, -0.1) is 0 Å². The van der Waals surface area contributed by atoms with Crippen molar-refractivity contribution in [3.05, 3.63) is 45.9 Å². The van der Waals surface area contributed by atoms with Gasteiger partial charge >= 0.3 is 0 Å². The van der Waals surface area contributed by atoms with Gasteiger partial charge in [0.1, 0.15) is 5.82 Å². The van der Waals surface area contributed by atoms with Crippen LogP contribution in [0.4, 0.5) is 11.5 Å². The molecule has 0 fully saturated rings. The molecule has 1 N–H and O–H groups in total. The number of hydrogen-bond acceptors (Lipinski definition) is 5. The lowest BCUT2D eigenvalue weighted by Gasteiger charge is -2.06. The average molecular weight is 247 g/mol.